The zero-order chi connectivity index (χ0) is 19.5. The molecule has 0 spiro atoms. The van der Waals surface area contributed by atoms with Crippen LogP contribution in [0.25, 0.3) is 0 Å². The van der Waals surface area contributed by atoms with Gasteiger partial charge < -0.3 is 24.8 Å². The van der Waals surface area contributed by atoms with Crippen LogP contribution in [0.3, 0.4) is 0 Å². The molecular weight excluding hydrogens is 425 g/mol. The fourth-order valence-electron chi connectivity index (χ4n) is 2.29. The third-order valence-electron chi connectivity index (χ3n) is 3.40. The van der Waals surface area contributed by atoms with Crippen LogP contribution in [-0.4, -0.2) is 55.1 Å². The van der Waals surface area contributed by atoms with E-state index in [9.17, 15) is 22.8 Å². The highest BCUT2D eigenvalue weighted by atomic mass is 79.9. The summed E-state index contributed by atoms with van der Waals surface area (Å²) in [6.45, 7) is -0.417. The molecule has 0 saturated heterocycles. The van der Waals surface area contributed by atoms with Gasteiger partial charge in [-0.1, -0.05) is 6.07 Å². The topological polar surface area (TPSA) is 88.1 Å². The van der Waals surface area contributed by atoms with Gasteiger partial charge in [-0.25, -0.2) is 4.79 Å². The number of ether oxygens (including phenoxy) is 2. The van der Waals surface area contributed by atoms with Crippen LogP contribution >= 0.6 is 15.9 Å². The predicted octanol–water partition coefficient (Wildman–Crippen LogP) is 2.02. The lowest BCUT2D eigenvalue weighted by Gasteiger charge is -2.16. The normalized spacial score (nSPS) is 14.7. The summed E-state index contributed by atoms with van der Waals surface area (Å²) in [6.07, 6.45) is -4.89. The molecule has 7 nitrogen and oxygen atoms in total. The number of aliphatic hydroxyl groups excluding tert-OH is 1. The number of hydrogen-bond donors (Lipinski definition) is 2. The largest absolute Gasteiger partial charge is 0.573 e. The Labute approximate surface area is 154 Å². The number of rotatable bonds is 6. The second-order valence-electron chi connectivity index (χ2n) is 5.09. The highest BCUT2D eigenvalue weighted by Gasteiger charge is 2.35. The molecule has 0 radical (unpaired) electrons. The molecule has 1 amide bonds. The molecule has 0 unspecified atom stereocenters. The first kappa shape index (κ1) is 20.0. The van der Waals surface area contributed by atoms with Gasteiger partial charge >= 0.3 is 12.3 Å². The van der Waals surface area contributed by atoms with Crippen LogP contribution in [-0.2, 0) is 14.3 Å². The van der Waals surface area contributed by atoms with Crippen molar-refractivity contribution >= 4 is 33.5 Å². The summed E-state index contributed by atoms with van der Waals surface area (Å²) in [7, 11) is 1.14. The Kier molecular flexibility index (Phi) is 6.13. The van der Waals surface area contributed by atoms with Gasteiger partial charge in [-0.15, -0.1) is 13.2 Å². The van der Waals surface area contributed by atoms with Crippen molar-refractivity contribution in [1.29, 1.82) is 0 Å². The summed E-state index contributed by atoms with van der Waals surface area (Å²) in [5.41, 5.74) is -0.0579. The molecule has 0 atom stereocenters. The van der Waals surface area contributed by atoms with Crippen LogP contribution in [0.4, 0.5) is 18.9 Å². The monoisotopic (exact) mass is 438 g/mol. The summed E-state index contributed by atoms with van der Waals surface area (Å²) in [4.78, 5) is 25.5. The van der Waals surface area contributed by atoms with Gasteiger partial charge in [0, 0.05) is 6.54 Å². The highest BCUT2D eigenvalue weighted by molar-refractivity contribution is 9.10. The van der Waals surface area contributed by atoms with E-state index in [2.05, 4.69) is 30.7 Å². The van der Waals surface area contributed by atoms with E-state index in [0.717, 1.165) is 13.2 Å². The van der Waals surface area contributed by atoms with E-state index in [1.54, 1.807) is 0 Å². The third kappa shape index (κ3) is 4.47. The van der Waals surface area contributed by atoms with Crippen molar-refractivity contribution in [2.45, 2.75) is 6.36 Å². The van der Waals surface area contributed by atoms with Gasteiger partial charge in [0.15, 0.2) is 0 Å². The first-order valence-electron chi connectivity index (χ1n) is 7.20. The molecule has 1 aliphatic heterocycles. The number of halogens is 4. The van der Waals surface area contributed by atoms with Crippen LogP contribution in [0.15, 0.2) is 33.9 Å². The standard InChI is InChI=1S/C15H14BrF3N2O5/c1-25-14(24)8-7-21(5-6-22)13(23)12(8)20-9-3-2-4-10(11(9)16)26-15(17,18)19/h2-4,20,22H,5-7H2,1H3. The number of β-amino-alcohol motifs (C(OH)–C–C–N with tert-alkyl or cyclic N) is 1. The Morgan fingerprint density at radius 2 is 2.12 bits per heavy atom. The molecule has 1 aliphatic rings. The average molecular weight is 439 g/mol. The van der Waals surface area contributed by atoms with Crippen LogP contribution < -0.4 is 10.1 Å². The number of benzene rings is 1. The molecule has 1 aromatic rings. The van der Waals surface area contributed by atoms with Gasteiger partial charge in [-0.2, -0.15) is 0 Å². The predicted molar refractivity (Wildman–Crippen MR) is 87.2 cm³/mol. The molecule has 0 bridgehead atoms. The molecular formula is C15H14BrF3N2O5. The van der Waals surface area contributed by atoms with Gasteiger partial charge in [-0.05, 0) is 28.1 Å². The number of methoxy groups -OCH3 is 1. The number of anilines is 1. The molecule has 0 fully saturated rings. The lowest BCUT2D eigenvalue weighted by atomic mass is 10.2. The van der Waals surface area contributed by atoms with E-state index >= 15 is 0 Å². The third-order valence-corrected chi connectivity index (χ3v) is 4.22. The van der Waals surface area contributed by atoms with Crippen LogP contribution in [0, 0.1) is 0 Å². The van der Waals surface area contributed by atoms with Gasteiger partial charge in [0.05, 0.1) is 36.0 Å². The summed E-state index contributed by atoms with van der Waals surface area (Å²) in [5, 5.41) is 11.7. The highest BCUT2D eigenvalue weighted by Crippen LogP contribution is 2.37. The van der Waals surface area contributed by atoms with Gasteiger partial charge in [0.2, 0.25) is 0 Å². The van der Waals surface area contributed by atoms with E-state index in [4.69, 9.17) is 5.11 Å². The summed E-state index contributed by atoms with van der Waals surface area (Å²) >= 11 is 2.99. The van der Waals surface area contributed by atoms with Crippen molar-refractivity contribution in [3.8, 4) is 5.75 Å². The number of amides is 1. The van der Waals surface area contributed by atoms with E-state index < -0.39 is 24.0 Å². The van der Waals surface area contributed by atoms with E-state index in [-0.39, 0.29) is 41.1 Å². The summed E-state index contributed by atoms with van der Waals surface area (Å²) < 4.78 is 45.8. The van der Waals surface area contributed by atoms with Crippen molar-refractivity contribution < 1.29 is 37.3 Å². The zero-order valence-electron chi connectivity index (χ0n) is 13.4. The average Bonchev–Trinajstić information content (AvgIpc) is 2.86. The van der Waals surface area contributed by atoms with Crippen molar-refractivity contribution in [2.24, 2.45) is 0 Å². The van der Waals surface area contributed by atoms with E-state index in [0.29, 0.717) is 0 Å². The zero-order valence-corrected chi connectivity index (χ0v) is 15.0. The molecule has 11 heteroatoms. The Balaban J connectivity index is 2.36. The van der Waals surface area contributed by atoms with Crippen LogP contribution in [0.5, 0.6) is 5.75 Å². The molecule has 1 aromatic carbocycles. The number of aliphatic hydroxyl groups is 1. The SMILES string of the molecule is COC(=O)C1=C(Nc2cccc(OC(F)(F)F)c2Br)C(=O)N(CCO)C1. The Morgan fingerprint density at radius 3 is 2.69 bits per heavy atom. The van der Waals surface area contributed by atoms with Gasteiger partial charge in [0.1, 0.15) is 11.4 Å². The minimum atomic E-state index is -4.89. The molecule has 0 aromatic heterocycles. The Hall–Kier alpha value is -2.27. The van der Waals surface area contributed by atoms with Crippen molar-refractivity contribution in [1.82, 2.24) is 4.90 Å². The maximum atomic E-state index is 12.5. The minimum absolute atomic E-state index is 0.00000665. The minimum Gasteiger partial charge on any atom is -0.466 e. The van der Waals surface area contributed by atoms with E-state index in [1.165, 1.54) is 17.0 Å². The lowest BCUT2D eigenvalue weighted by Crippen LogP contribution is -2.31. The van der Waals surface area contributed by atoms with Crippen molar-refractivity contribution in [2.75, 3.05) is 32.1 Å². The molecule has 2 rings (SSSR count). The number of carbonyl (C=O) groups excluding carboxylic acids is 2. The maximum absolute atomic E-state index is 12.5. The first-order chi connectivity index (χ1) is 12.2. The number of esters is 1. The smallest absolute Gasteiger partial charge is 0.466 e. The Bertz CT molecular complexity index is 751. The molecule has 0 saturated carbocycles. The van der Waals surface area contributed by atoms with Gasteiger partial charge in [0.25, 0.3) is 5.91 Å². The second-order valence-corrected chi connectivity index (χ2v) is 5.88. The Morgan fingerprint density at radius 1 is 1.42 bits per heavy atom. The molecule has 26 heavy (non-hydrogen) atoms. The number of alkyl halides is 3. The van der Waals surface area contributed by atoms with E-state index in [1.807, 2.05) is 0 Å². The molecule has 142 valence electrons. The first-order valence-corrected chi connectivity index (χ1v) is 8.00. The van der Waals surface area contributed by atoms with Crippen molar-refractivity contribution in [3.05, 3.63) is 33.9 Å². The second kappa shape index (κ2) is 7.96. The summed E-state index contributed by atoms with van der Waals surface area (Å²) in [5.74, 6) is -1.87. The quantitative estimate of drug-likeness (QED) is 0.660. The number of carbonyl (C=O) groups is 2. The number of nitrogens with one attached hydrogen (secondary N) is 1. The molecule has 1 heterocycles. The number of hydrogen-bond acceptors (Lipinski definition) is 6. The molecule has 0 aliphatic carbocycles. The lowest BCUT2D eigenvalue weighted by molar-refractivity contribution is -0.274. The fraction of sp³-hybridized carbons (Fsp3) is 0.333. The van der Waals surface area contributed by atoms with Crippen LogP contribution in [0.1, 0.15) is 0 Å². The number of nitrogens with zero attached hydrogens (tertiary/aromatic N) is 1. The van der Waals surface area contributed by atoms with Gasteiger partial charge in [-0.3, -0.25) is 4.79 Å². The molecule has 2 N–H and O–H groups in total. The van der Waals surface area contributed by atoms with Crippen molar-refractivity contribution in [3.63, 3.8) is 0 Å². The fourth-order valence-corrected chi connectivity index (χ4v) is 2.74. The maximum Gasteiger partial charge on any atom is 0.573 e. The summed E-state index contributed by atoms with van der Waals surface area (Å²) in [6, 6.07) is 3.78. The van der Waals surface area contributed by atoms with Crippen LogP contribution in [0.2, 0.25) is 0 Å².